The van der Waals surface area contributed by atoms with Crippen LogP contribution in [0, 0.1) is 5.92 Å². The minimum Gasteiger partial charge on any atom is -0.388 e. The first kappa shape index (κ1) is 13.4. The summed E-state index contributed by atoms with van der Waals surface area (Å²) in [5, 5.41) is 10.4. The molecule has 2 heteroatoms. The van der Waals surface area contributed by atoms with Gasteiger partial charge in [-0.1, -0.05) is 32.0 Å². The third kappa shape index (κ3) is 3.26. The molecule has 1 atom stereocenters. The quantitative estimate of drug-likeness (QED) is 0.875. The highest BCUT2D eigenvalue weighted by atomic mass is 16.3. The third-order valence-electron chi connectivity index (χ3n) is 3.69. The first-order chi connectivity index (χ1) is 8.68. The van der Waals surface area contributed by atoms with Crippen molar-refractivity contribution in [3.8, 4) is 0 Å². The SMILES string of the molecule is CC(C)CC(O)c1ccccc1N1CCCCC1. The molecule has 1 N–H and O–H groups in total. The lowest BCUT2D eigenvalue weighted by atomic mass is 9.97. The van der Waals surface area contributed by atoms with Gasteiger partial charge >= 0.3 is 0 Å². The van der Waals surface area contributed by atoms with E-state index in [0.717, 1.165) is 25.1 Å². The van der Waals surface area contributed by atoms with Crippen molar-refractivity contribution in [3.05, 3.63) is 29.8 Å². The maximum absolute atomic E-state index is 10.4. The van der Waals surface area contributed by atoms with E-state index >= 15 is 0 Å². The van der Waals surface area contributed by atoms with Gasteiger partial charge in [0.2, 0.25) is 0 Å². The molecule has 2 nitrogen and oxygen atoms in total. The number of anilines is 1. The number of piperidine rings is 1. The Balaban J connectivity index is 2.18. The van der Waals surface area contributed by atoms with Crippen LogP contribution in [0.3, 0.4) is 0 Å². The van der Waals surface area contributed by atoms with Gasteiger partial charge < -0.3 is 10.0 Å². The Hall–Kier alpha value is -1.02. The summed E-state index contributed by atoms with van der Waals surface area (Å²) in [6.45, 7) is 6.58. The summed E-state index contributed by atoms with van der Waals surface area (Å²) in [4.78, 5) is 2.43. The predicted octanol–water partition coefficient (Wildman–Crippen LogP) is 3.76. The number of nitrogens with zero attached hydrogens (tertiary/aromatic N) is 1. The molecule has 0 radical (unpaired) electrons. The molecule has 1 aliphatic rings. The molecule has 100 valence electrons. The fourth-order valence-corrected chi connectivity index (χ4v) is 2.77. The van der Waals surface area contributed by atoms with Crippen LogP contribution >= 0.6 is 0 Å². The van der Waals surface area contributed by atoms with Gasteiger partial charge in [0, 0.05) is 24.3 Å². The maximum Gasteiger partial charge on any atom is 0.0812 e. The number of aliphatic hydroxyl groups is 1. The van der Waals surface area contributed by atoms with Gasteiger partial charge in [-0.25, -0.2) is 0 Å². The van der Waals surface area contributed by atoms with Crippen LogP contribution in [-0.2, 0) is 0 Å². The zero-order valence-electron chi connectivity index (χ0n) is 11.6. The van der Waals surface area contributed by atoms with Crippen molar-refractivity contribution in [3.63, 3.8) is 0 Å². The van der Waals surface area contributed by atoms with Crippen molar-refractivity contribution in [2.24, 2.45) is 5.92 Å². The Labute approximate surface area is 111 Å². The van der Waals surface area contributed by atoms with E-state index in [0.29, 0.717) is 5.92 Å². The number of aliphatic hydroxyl groups excluding tert-OH is 1. The minimum absolute atomic E-state index is 0.330. The summed E-state index contributed by atoms with van der Waals surface area (Å²) < 4.78 is 0. The topological polar surface area (TPSA) is 23.5 Å². The van der Waals surface area contributed by atoms with Gasteiger partial charge in [0.15, 0.2) is 0 Å². The van der Waals surface area contributed by atoms with Crippen molar-refractivity contribution < 1.29 is 5.11 Å². The third-order valence-corrected chi connectivity index (χ3v) is 3.69. The summed E-state index contributed by atoms with van der Waals surface area (Å²) in [7, 11) is 0. The van der Waals surface area contributed by atoms with Crippen LogP contribution in [0.4, 0.5) is 5.69 Å². The lowest BCUT2D eigenvalue weighted by Gasteiger charge is -2.31. The lowest BCUT2D eigenvalue weighted by Crippen LogP contribution is -2.30. The van der Waals surface area contributed by atoms with Crippen LogP contribution in [0.15, 0.2) is 24.3 Å². The van der Waals surface area contributed by atoms with Gasteiger partial charge in [0.1, 0.15) is 0 Å². The molecule has 1 heterocycles. The average molecular weight is 247 g/mol. The summed E-state index contributed by atoms with van der Waals surface area (Å²) in [5.41, 5.74) is 2.35. The van der Waals surface area contributed by atoms with E-state index in [1.165, 1.54) is 24.9 Å². The normalized spacial score (nSPS) is 18.1. The molecule has 1 aromatic carbocycles. The minimum atomic E-state index is -0.330. The molecule has 1 unspecified atom stereocenters. The van der Waals surface area contributed by atoms with Crippen molar-refractivity contribution in [1.82, 2.24) is 0 Å². The first-order valence-corrected chi connectivity index (χ1v) is 7.20. The second kappa shape index (κ2) is 6.24. The van der Waals surface area contributed by atoms with Crippen molar-refractivity contribution in [2.75, 3.05) is 18.0 Å². The van der Waals surface area contributed by atoms with Crippen LogP contribution < -0.4 is 4.90 Å². The van der Waals surface area contributed by atoms with Crippen LogP contribution in [0.25, 0.3) is 0 Å². The number of benzene rings is 1. The van der Waals surface area contributed by atoms with E-state index in [-0.39, 0.29) is 6.10 Å². The monoisotopic (exact) mass is 247 g/mol. The highest BCUT2D eigenvalue weighted by molar-refractivity contribution is 5.54. The van der Waals surface area contributed by atoms with Gasteiger partial charge in [0.25, 0.3) is 0 Å². The second-order valence-corrected chi connectivity index (χ2v) is 5.75. The Morgan fingerprint density at radius 3 is 2.44 bits per heavy atom. The molecule has 1 aromatic rings. The molecule has 0 bridgehead atoms. The van der Waals surface area contributed by atoms with Crippen LogP contribution in [0.5, 0.6) is 0 Å². The standard InChI is InChI=1S/C16H25NO/c1-13(2)12-16(18)14-8-4-5-9-15(14)17-10-6-3-7-11-17/h4-5,8-9,13,16,18H,3,6-7,10-12H2,1-2H3. The van der Waals surface area contributed by atoms with Crippen LogP contribution in [0.1, 0.15) is 51.2 Å². The molecule has 0 amide bonds. The van der Waals surface area contributed by atoms with Gasteiger partial charge in [-0.05, 0) is 37.7 Å². The molecule has 0 aliphatic carbocycles. The molecule has 1 saturated heterocycles. The van der Waals surface area contributed by atoms with E-state index in [2.05, 4.69) is 36.9 Å². The molecule has 0 spiro atoms. The smallest absolute Gasteiger partial charge is 0.0812 e. The van der Waals surface area contributed by atoms with Gasteiger partial charge in [-0.15, -0.1) is 0 Å². The summed E-state index contributed by atoms with van der Waals surface area (Å²) in [6.07, 6.45) is 4.39. The van der Waals surface area contributed by atoms with E-state index in [1.54, 1.807) is 0 Å². The van der Waals surface area contributed by atoms with E-state index < -0.39 is 0 Å². The molecular formula is C16H25NO. The highest BCUT2D eigenvalue weighted by Crippen LogP contribution is 2.31. The summed E-state index contributed by atoms with van der Waals surface area (Å²) in [5.74, 6) is 0.523. The zero-order chi connectivity index (χ0) is 13.0. The number of para-hydroxylation sites is 1. The second-order valence-electron chi connectivity index (χ2n) is 5.75. The van der Waals surface area contributed by atoms with Gasteiger partial charge in [0.05, 0.1) is 6.10 Å². The maximum atomic E-state index is 10.4. The molecule has 1 aliphatic heterocycles. The molecule has 1 fully saturated rings. The number of hydrogen-bond donors (Lipinski definition) is 1. The van der Waals surface area contributed by atoms with E-state index in [4.69, 9.17) is 0 Å². The average Bonchev–Trinajstić information content (AvgIpc) is 2.39. The van der Waals surface area contributed by atoms with Crippen molar-refractivity contribution in [2.45, 2.75) is 45.6 Å². The summed E-state index contributed by atoms with van der Waals surface area (Å²) >= 11 is 0. The Morgan fingerprint density at radius 1 is 1.11 bits per heavy atom. The lowest BCUT2D eigenvalue weighted by molar-refractivity contribution is 0.151. The molecule has 0 aromatic heterocycles. The Bertz CT molecular complexity index is 369. The van der Waals surface area contributed by atoms with E-state index in [9.17, 15) is 5.11 Å². The van der Waals surface area contributed by atoms with Crippen molar-refractivity contribution in [1.29, 1.82) is 0 Å². The van der Waals surface area contributed by atoms with Gasteiger partial charge in [-0.3, -0.25) is 0 Å². The first-order valence-electron chi connectivity index (χ1n) is 7.20. The molecule has 18 heavy (non-hydrogen) atoms. The Morgan fingerprint density at radius 2 is 1.78 bits per heavy atom. The highest BCUT2D eigenvalue weighted by Gasteiger charge is 2.18. The molecule has 2 rings (SSSR count). The fourth-order valence-electron chi connectivity index (χ4n) is 2.77. The van der Waals surface area contributed by atoms with Gasteiger partial charge in [-0.2, -0.15) is 0 Å². The zero-order valence-corrected chi connectivity index (χ0v) is 11.6. The number of hydrogen-bond acceptors (Lipinski definition) is 2. The predicted molar refractivity (Wildman–Crippen MR) is 76.9 cm³/mol. The number of rotatable bonds is 4. The summed E-state index contributed by atoms with van der Waals surface area (Å²) in [6, 6.07) is 8.35. The Kier molecular flexibility index (Phi) is 4.65. The van der Waals surface area contributed by atoms with Crippen LogP contribution in [0.2, 0.25) is 0 Å². The van der Waals surface area contributed by atoms with Crippen molar-refractivity contribution >= 4 is 5.69 Å². The fraction of sp³-hybridized carbons (Fsp3) is 0.625. The van der Waals surface area contributed by atoms with E-state index in [1.807, 2.05) is 6.07 Å². The van der Waals surface area contributed by atoms with Crippen LogP contribution in [-0.4, -0.2) is 18.2 Å². The molecule has 0 saturated carbocycles. The molecular weight excluding hydrogens is 222 g/mol. The largest absolute Gasteiger partial charge is 0.388 e.